The average Bonchev–Trinajstić information content (AvgIpc) is 2.36. The van der Waals surface area contributed by atoms with Crippen molar-refractivity contribution < 1.29 is 14.3 Å². The lowest BCUT2D eigenvalue weighted by molar-refractivity contribution is -0.148. The molecular formula is C17H24O3. The smallest absolute Gasteiger partial charge is 0.331 e. The highest BCUT2D eigenvalue weighted by Crippen LogP contribution is 2.16. The topological polar surface area (TPSA) is 35.5 Å². The lowest BCUT2D eigenvalue weighted by atomic mass is 10.2. The molecule has 0 saturated heterocycles. The van der Waals surface area contributed by atoms with Gasteiger partial charge in [0.15, 0.2) is 0 Å². The number of carbonyl (C=O) groups excluding carboxylic acids is 1. The zero-order valence-corrected chi connectivity index (χ0v) is 13.0. The molecule has 0 aliphatic rings. The van der Waals surface area contributed by atoms with Crippen LogP contribution >= 0.6 is 0 Å². The largest absolute Gasteiger partial charge is 0.491 e. The predicted octanol–water partition coefficient (Wildman–Crippen LogP) is 4.22. The highest BCUT2D eigenvalue weighted by atomic mass is 16.6. The first-order valence-electron chi connectivity index (χ1n) is 6.98. The Bertz CT molecular complexity index is 452. The van der Waals surface area contributed by atoms with Crippen molar-refractivity contribution in [2.75, 3.05) is 0 Å². The SMILES string of the molecule is CCC(C)Oc1ccc(/C=C/C(=O)OC(C)(C)C)cc1. The molecule has 110 valence electrons. The number of benzene rings is 1. The Labute approximate surface area is 121 Å². The third kappa shape index (κ3) is 6.41. The Morgan fingerprint density at radius 2 is 1.85 bits per heavy atom. The average molecular weight is 276 g/mol. The minimum atomic E-state index is -0.463. The summed E-state index contributed by atoms with van der Waals surface area (Å²) in [6, 6.07) is 7.64. The molecule has 0 amide bonds. The van der Waals surface area contributed by atoms with Crippen LogP contribution in [0.5, 0.6) is 5.75 Å². The second-order valence-corrected chi connectivity index (χ2v) is 5.77. The van der Waals surface area contributed by atoms with Crippen molar-refractivity contribution in [1.29, 1.82) is 0 Å². The van der Waals surface area contributed by atoms with Crippen molar-refractivity contribution in [3.8, 4) is 5.75 Å². The van der Waals surface area contributed by atoms with Crippen LogP contribution in [0.2, 0.25) is 0 Å². The minimum Gasteiger partial charge on any atom is -0.491 e. The molecule has 1 rings (SSSR count). The molecule has 0 aliphatic carbocycles. The van der Waals surface area contributed by atoms with Crippen LogP contribution in [0.4, 0.5) is 0 Å². The Balaban J connectivity index is 2.59. The molecule has 20 heavy (non-hydrogen) atoms. The number of hydrogen-bond donors (Lipinski definition) is 0. The summed E-state index contributed by atoms with van der Waals surface area (Å²) in [5.74, 6) is 0.506. The fourth-order valence-electron chi connectivity index (χ4n) is 1.47. The summed E-state index contributed by atoms with van der Waals surface area (Å²) < 4.78 is 10.9. The standard InChI is InChI=1S/C17H24O3/c1-6-13(2)19-15-10-7-14(8-11-15)9-12-16(18)20-17(3,4)5/h7-13H,6H2,1-5H3/b12-9+. The molecule has 0 bridgehead atoms. The number of rotatable bonds is 5. The van der Waals surface area contributed by atoms with E-state index in [1.165, 1.54) is 6.08 Å². The molecule has 1 aromatic carbocycles. The van der Waals surface area contributed by atoms with Gasteiger partial charge in [-0.3, -0.25) is 0 Å². The first-order valence-corrected chi connectivity index (χ1v) is 6.98. The van der Waals surface area contributed by atoms with Crippen LogP contribution in [-0.2, 0) is 9.53 Å². The Hall–Kier alpha value is -1.77. The molecular weight excluding hydrogens is 252 g/mol. The molecule has 1 unspecified atom stereocenters. The number of carbonyl (C=O) groups is 1. The zero-order chi connectivity index (χ0) is 15.2. The van der Waals surface area contributed by atoms with Gasteiger partial charge in [-0.1, -0.05) is 19.1 Å². The van der Waals surface area contributed by atoms with Gasteiger partial charge in [-0.25, -0.2) is 4.79 Å². The van der Waals surface area contributed by atoms with Crippen molar-refractivity contribution in [3.63, 3.8) is 0 Å². The van der Waals surface area contributed by atoms with Gasteiger partial charge in [-0.2, -0.15) is 0 Å². The summed E-state index contributed by atoms with van der Waals surface area (Å²) in [4.78, 5) is 11.5. The summed E-state index contributed by atoms with van der Waals surface area (Å²) in [5.41, 5.74) is 0.474. The second-order valence-electron chi connectivity index (χ2n) is 5.77. The maximum Gasteiger partial charge on any atom is 0.331 e. The summed E-state index contributed by atoms with van der Waals surface area (Å²) in [6.07, 6.45) is 4.36. The van der Waals surface area contributed by atoms with Crippen molar-refractivity contribution in [1.82, 2.24) is 0 Å². The molecule has 0 heterocycles. The van der Waals surface area contributed by atoms with E-state index in [-0.39, 0.29) is 12.1 Å². The van der Waals surface area contributed by atoms with Crippen LogP contribution < -0.4 is 4.74 Å². The van der Waals surface area contributed by atoms with Gasteiger partial charge in [0.25, 0.3) is 0 Å². The van der Waals surface area contributed by atoms with E-state index in [2.05, 4.69) is 6.92 Å². The van der Waals surface area contributed by atoms with Crippen LogP contribution in [0.3, 0.4) is 0 Å². The number of hydrogen-bond acceptors (Lipinski definition) is 3. The van der Waals surface area contributed by atoms with E-state index < -0.39 is 5.60 Å². The van der Waals surface area contributed by atoms with Gasteiger partial charge in [-0.05, 0) is 57.9 Å². The predicted molar refractivity (Wildman–Crippen MR) is 81.7 cm³/mol. The number of ether oxygens (including phenoxy) is 2. The zero-order valence-electron chi connectivity index (χ0n) is 13.0. The van der Waals surface area contributed by atoms with Gasteiger partial charge >= 0.3 is 5.97 Å². The third-order valence-corrected chi connectivity index (χ3v) is 2.61. The Morgan fingerprint density at radius 3 is 2.35 bits per heavy atom. The van der Waals surface area contributed by atoms with Gasteiger partial charge in [0.05, 0.1) is 6.10 Å². The van der Waals surface area contributed by atoms with E-state index in [1.807, 2.05) is 52.0 Å². The second kappa shape index (κ2) is 7.13. The molecule has 0 fully saturated rings. The molecule has 0 saturated carbocycles. The number of esters is 1. The minimum absolute atomic E-state index is 0.207. The van der Waals surface area contributed by atoms with Crippen molar-refractivity contribution in [3.05, 3.63) is 35.9 Å². The molecule has 0 spiro atoms. The normalized spacial score (nSPS) is 13.2. The van der Waals surface area contributed by atoms with Gasteiger partial charge in [0.1, 0.15) is 11.4 Å². The Morgan fingerprint density at radius 1 is 1.25 bits per heavy atom. The highest BCUT2D eigenvalue weighted by molar-refractivity contribution is 5.87. The van der Waals surface area contributed by atoms with Gasteiger partial charge in [-0.15, -0.1) is 0 Å². The van der Waals surface area contributed by atoms with Crippen molar-refractivity contribution >= 4 is 12.0 Å². The fraction of sp³-hybridized carbons (Fsp3) is 0.471. The molecule has 0 N–H and O–H groups in total. The highest BCUT2D eigenvalue weighted by Gasteiger charge is 2.13. The van der Waals surface area contributed by atoms with E-state index in [9.17, 15) is 4.79 Å². The summed E-state index contributed by atoms with van der Waals surface area (Å²) in [5, 5.41) is 0. The Kier molecular flexibility index (Phi) is 5.81. The van der Waals surface area contributed by atoms with Gasteiger partial charge in [0.2, 0.25) is 0 Å². The maximum atomic E-state index is 11.5. The lowest BCUT2D eigenvalue weighted by Gasteiger charge is -2.17. The molecule has 3 nitrogen and oxygen atoms in total. The van der Waals surface area contributed by atoms with Crippen molar-refractivity contribution in [2.45, 2.75) is 52.7 Å². The van der Waals surface area contributed by atoms with E-state index in [0.717, 1.165) is 17.7 Å². The van der Waals surface area contributed by atoms with Crippen LogP contribution in [0.25, 0.3) is 6.08 Å². The molecule has 0 aromatic heterocycles. The van der Waals surface area contributed by atoms with E-state index in [0.29, 0.717) is 0 Å². The monoisotopic (exact) mass is 276 g/mol. The summed E-state index contributed by atoms with van der Waals surface area (Å²) >= 11 is 0. The molecule has 1 aromatic rings. The summed E-state index contributed by atoms with van der Waals surface area (Å²) in [6.45, 7) is 9.66. The van der Waals surface area contributed by atoms with Crippen LogP contribution in [-0.4, -0.2) is 17.7 Å². The van der Waals surface area contributed by atoms with Crippen LogP contribution in [0.1, 0.15) is 46.6 Å². The lowest BCUT2D eigenvalue weighted by Crippen LogP contribution is -2.22. The van der Waals surface area contributed by atoms with Crippen molar-refractivity contribution in [2.24, 2.45) is 0 Å². The maximum absolute atomic E-state index is 11.5. The van der Waals surface area contributed by atoms with E-state index in [1.54, 1.807) is 6.08 Å². The van der Waals surface area contributed by atoms with E-state index >= 15 is 0 Å². The first kappa shape index (κ1) is 16.3. The van der Waals surface area contributed by atoms with Gasteiger partial charge < -0.3 is 9.47 Å². The fourth-order valence-corrected chi connectivity index (χ4v) is 1.47. The molecule has 1 atom stereocenters. The first-order chi connectivity index (χ1) is 9.30. The quantitative estimate of drug-likeness (QED) is 0.596. The van der Waals surface area contributed by atoms with Crippen LogP contribution in [0.15, 0.2) is 30.3 Å². The van der Waals surface area contributed by atoms with Gasteiger partial charge in [0, 0.05) is 6.08 Å². The third-order valence-electron chi connectivity index (χ3n) is 2.61. The molecule has 0 aliphatic heterocycles. The molecule has 0 radical (unpaired) electrons. The van der Waals surface area contributed by atoms with E-state index in [4.69, 9.17) is 9.47 Å². The van der Waals surface area contributed by atoms with Crippen LogP contribution in [0, 0.1) is 0 Å². The summed E-state index contributed by atoms with van der Waals surface area (Å²) in [7, 11) is 0. The molecule has 3 heteroatoms.